The van der Waals surface area contributed by atoms with Crippen LogP contribution in [0.5, 0.6) is 0 Å². The van der Waals surface area contributed by atoms with Crippen molar-refractivity contribution in [1.82, 2.24) is 4.98 Å². The number of aryl methyl sites for hydroxylation is 1. The topological polar surface area (TPSA) is 68.1 Å². The molecule has 1 heterocycles. The normalized spacial score (nSPS) is 10.4. The van der Waals surface area contributed by atoms with Crippen molar-refractivity contribution in [3.05, 3.63) is 22.5 Å². The molecule has 4 nitrogen and oxygen atoms in total. The van der Waals surface area contributed by atoms with E-state index in [0.717, 1.165) is 23.2 Å². The van der Waals surface area contributed by atoms with Crippen LogP contribution in [0.3, 0.4) is 0 Å². The molecule has 84 valence electrons. The number of hydrogen-bond acceptors (Lipinski definition) is 3. The van der Waals surface area contributed by atoms with Crippen LogP contribution in [-0.4, -0.2) is 24.1 Å². The van der Waals surface area contributed by atoms with Crippen molar-refractivity contribution in [1.29, 1.82) is 0 Å². The summed E-state index contributed by atoms with van der Waals surface area (Å²) in [5, 5.41) is 0. The van der Waals surface area contributed by atoms with Crippen LogP contribution in [0, 0.1) is 13.8 Å². The average Bonchev–Trinajstić information content (AvgIpc) is 2.47. The molecule has 0 spiro atoms. The van der Waals surface area contributed by atoms with E-state index in [2.05, 4.69) is 4.98 Å². The molecule has 0 unspecified atom stereocenters. The lowest BCUT2D eigenvalue weighted by molar-refractivity contribution is 0.0519. The lowest BCUT2D eigenvalue weighted by Crippen LogP contribution is -2.07. The van der Waals surface area contributed by atoms with Crippen molar-refractivity contribution in [2.24, 2.45) is 5.73 Å². The van der Waals surface area contributed by atoms with E-state index < -0.39 is 0 Å². The Hall–Kier alpha value is -1.29. The molecule has 0 bridgehead atoms. The first kappa shape index (κ1) is 11.8. The molecule has 0 aliphatic rings. The van der Waals surface area contributed by atoms with Crippen LogP contribution in [-0.2, 0) is 11.2 Å². The Morgan fingerprint density at radius 3 is 2.67 bits per heavy atom. The second kappa shape index (κ2) is 4.98. The Labute approximate surface area is 89.8 Å². The predicted molar refractivity (Wildman–Crippen MR) is 59.0 cm³/mol. The van der Waals surface area contributed by atoms with Gasteiger partial charge in [0, 0.05) is 5.69 Å². The molecule has 0 saturated heterocycles. The van der Waals surface area contributed by atoms with Gasteiger partial charge in [-0.3, -0.25) is 0 Å². The van der Waals surface area contributed by atoms with Gasteiger partial charge in [-0.05, 0) is 44.9 Å². The van der Waals surface area contributed by atoms with Crippen LogP contribution in [0.2, 0.25) is 0 Å². The number of aromatic nitrogens is 1. The maximum Gasteiger partial charge on any atom is 0.355 e. The van der Waals surface area contributed by atoms with Gasteiger partial charge in [0.05, 0.1) is 6.61 Å². The lowest BCUT2D eigenvalue weighted by atomic mass is 10.1. The first-order valence-corrected chi connectivity index (χ1v) is 5.17. The zero-order valence-electron chi connectivity index (χ0n) is 9.52. The van der Waals surface area contributed by atoms with Gasteiger partial charge in [0.2, 0.25) is 0 Å². The monoisotopic (exact) mass is 210 g/mol. The molecule has 0 saturated carbocycles. The largest absolute Gasteiger partial charge is 0.461 e. The van der Waals surface area contributed by atoms with E-state index in [-0.39, 0.29) is 5.97 Å². The number of esters is 1. The summed E-state index contributed by atoms with van der Waals surface area (Å²) in [4.78, 5) is 14.6. The summed E-state index contributed by atoms with van der Waals surface area (Å²) in [6, 6.07) is 0. The van der Waals surface area contributed by atoms with Crippen LogP contribution in [0.4, 0.5) is 0 Å². The van der Waals surface area contributed by atoms with Gasteiger partial charge in [-0.2, -0.15) is 0 Å². The number of carbonyl (C=O) groups excluding carboxylic acids is 1. The Morgan fingerprint density at radius 2 is 2.13 bits per heavy atom. The van der Waals surface area contributed by atoms with Crippen molar-refractivity contribution >= 4 is 5.97 Å². The van der Waals surface area contributed by atoms with Gasteiger partial charge in [0.15, 0.2) is 0 Å². The molecule has 1 aromatic rings. The van der Waals surface area contributed by atoms with Crippen LogP contribution in [0.25, 0.3) is 0 Å². The summed E-state index contributed by atoms with van der Waals surface area (Å²) in [6.07, 6.45) is 0.785. The van der Waals surface area contributed by atoms with Gasteiger partial charge in [-0.15, -0.1) is 0 Å². The molecule has 3 N–H and O–H groups in total. The molecule has 15 heavy (non-hydrogen) atoms. The maximum absolute atomic E-state index is 11.6. The molecule has 1 rings (SSSR count). The standard InChI is InChI=1S/C11H18N2O2/c1-4-15-11(14)10-7(2)9(5-6-12)8(3)13-10/h13H,4-6,12H2,1-3H3. The second-order valence-electron chi connectivity index (χ2n) is 3.49. The summed E-state index contributed by atoms with van der Waals surface area (Å²) in [5.41, 5.74) is 9.15. The van der Waals surface area contributed by atoms with Crippen LogP contribution in [0.1, 0.15) is 34.2 Å². The van der Waals surface area contributed by atoms with Crippen LogP contribution >= 0.6 is 0 Å². The maximum atomic E-state index is 11.6. The molecular formula is C11H18N2O2. The van der Waals surface area contributed by atoms with E-state index >= 15 is 0 Å². The second-order valence-corrected chi connectivity index (χ2v) is 3.49. The third-order valence-electron chi connectivity index (χ3n) is 2.47. The van der Waals surface area contributed by atoms with Crippen molar-refractivity contribution in [3.8, 4) is 0 Å². The number of nitrogens with two attached hydrogens (primary N) is 1. The van der Waals surface area contributed by atoms with Crippen molar-refractivity contribution < 1.29 is 9.53 Å². The van der Waals surface area contributed by atoms with E-state index in [1.807, 2.05) is 13.8 Å². The number of aromatic amines is 1. The average molecular weight is 210 g/mol. The Bertz CT molecular complexity index is 356. The van der Waals surface area contributed by atoms with Gasteiger partial charge in [-0.25, -0.2) is 4.79 Å². The minimum atomic E-state index is -0.290. The number of H-pyrrole nitrogens is 1. The Kier molecular flexibility index (Phi) is 3.91. The van der Waals surface area contributed by atoms with Gasteiger partial charge in [0.25, 0.3) is 0 Å². The van der Waals surface area contributed by atoms with Crippen LogP contribution in [0.15, 0.2) is 0 Å². The fourth-order valence-corrected chi connectivity index (χ4v) is 1.72. The SMILES string of the molecule is CCOC(=O)c1[nH]c(C)c(CCN)c1C. The highest BCUT2D eigenvalue weighted by molar-refractivity contribution is 5.89. The van der Waals surface area contributed by atoms with Crippen molar-refractivity contribution in [2.45, 2.75) is 27.2 Å². The number of carbonyl (C=O) groups is 1. The minimum Gasteiger partial charge on any atom is -0.461 e. The first-order valence-electron chi connectivity index (χ1n) is 5.17. The van der Waals surface area contributed by atoms with E-state index in [4.69, 9.17) is 10.5 Å². The highest BCUT2D eigenvalue weighted by Gasteiger charge is 2.17. The quantitative estimate of drug-likeness (QED) is 0.736. The zero-order valence-corrected chi connectivity index (χ0v) is 9.52. The fraction of sp³-hybridized carbons (Fsp3) is 0.545. The van der Waals surface area contributed by atoms with Crippen molar-refractivity contribution in [3.63, 3.8) is 0 Å². The fourth-order valence-electron chi connectivity index (χ4n) is 1.72. The predicted octanol–water partition coefficient (Wildman–Crippen LogP) is 1.31. The molecule has 0 fully saturated rings. The molecule has 0 aromatic carbocycles. The molecule has 0 aliphatic carbocycles. The summed E-state index contributed by atoms with van der Waals surface area (Å²) >= 11 is 0. The molecular weight excluding hydrogens is 192 g/mol. The third-order valence-corrected chi connectivity index (χ3v) is 2.47. The van der Waals surface area contributed by atoms with E-state index in [0.29, 0.717) is 18.8 Å². The van der Waals surface area contributed by atoms with E-state index in [1.165, 1.54) is 0 Å². The number of ether oxygens (including phenoxy) is 1. The molecule has 0 amide bonds. The van der Waals surface area contributed by atoms with Gasteiger partial charge in [0.1, 0.15) is 5.69 Å². The smallest absolute Gasteiger partial charge is 0.355 e. The van der Waals surface area contributed by atoms with Crippen LogP contribution < -0.4 is 5.73 Å². The summed E-state index contributed by atoms with van der Waals surface area (Å²) in [7, 11) is 0. The summed E-state index contributed by atoms with van der Waals surface area (Å²) in [5.74, 6) is -0.290. The number of hydrogen-bond donors (Lipinski definition) is 2. The minimum absolute atomic E-state index is 0.290. The van der Waals surface area contributed by atoms with Gasteiger partial charge < -0.3 is 15.5 Å². The summed E-state index contributed by atoms with van der Waals surface area (Å²) < 4.78 is 4.95. The molecule has 1 aromatic heterocycles. The molecule has 0 aliphatic heterocycles. The molecule has 4 heteroatoms. The Balaban J connectivity index is 3.00. The van der Waals surface area contributed by atoms with Gasteiger partial charge >= 0.3 is 5.97 Å². The highest BCUT2D eigenvalue weighted by Crippen LogP contribution is 2.18. The molecule has 0 radical (unpaired) electrons. The van der Waals surface area contributed by atoms with E-state index in [1.54, 1.807) is 6.92 Å². The van der Waals surface area contributed by atoms with Gasteiger partial charge in [-0.1, -0.05) is 0 Å². The number of nitrogens with one attached hydrogen (secondary N) is 1. The summed E-state index contributed by atoms with van der Waals surface area (Å²) in [6.45, 7) is 6.63. The van der Waals surface area contributed by atoms with E-state index in [9.17, 15) is 4.79 Å². The number of rotatable bonds is 4. The Morgan fingerprint density at radius 1 is 1.47 bits per heavy atom. The zero-order chi connectivity index (χ0) is 11.4. The third kappa shape index (κ3) is 2.39. The molecule has 0 atom stereocenters. The first-order chi connectivity index (χ1) is 7.11. The highest BCUT2D eigenvalue weighted by atomic mass is 16.5. The lowest BCUT2D eigenvalue weighted by Gasteiger charge is -2.01. The van der Waals surface area contributed by atoms with Crippen molar-refractivity contribution in [2.75, 3.05) is 13.2 Å².